The van der Waals surface area contributed by atoms with E-state index in [9.17, 15) is 9.59 Å². The van der Waals surface area contributed by atoms with Crippen LogP contribution in [0.2, 0.25) is 0 Å². The van der Waals surface area contributed by atoms with Crippen LogP contribution in [0, 0.1) is 0 Å². The van der Waals surface area contributed by atoms with Gasteiger partial charge in [0, 0.05) is 10.4 Å². The van der Waals surface area contributed by atoms with Crippen LogP contribution in [-0.4, -0.2) is 27.7 Å². The van der Waals surface area contributed by atoms with Crippen LogP contribution in [0.15, 0.2) is 64.5 Å². The van der Waals surface area contributed by atoms with E-state index in [1.165, 1.54) is 16.6 Å². The van der Waals surface area contributed by atoms with Crippen LogP contribution in [0.1, 0.15) is 40.6 Å². The van der Waals surface area contributed by atoms with E-state index >= 15 is 0 Å². The largest absolute Gasteiger partial charge is 0.494 e. The summed E-state index contributed by atoms with van der Waals surface area (Å²) in [5, 5.41) is 1.28. The first-order valence-electron chi connectivity index (χ1n) is 11.2. The molecule has 0 amide bonds. The number of nitrogens with zero attached hydrogens (tertiary/aromatic N) is 2. The lowest BCUT2D eigenvalue weighted by molar-refractivity contribution is 0.102. The second-order valence-corrected chi connectivity index (χ2v) is 9.96. The monoisotopic (exact) mass is 476 g/mol. The minimum Gasteiger partial charge on any atom is -0.494 e. The third-order valence-corrected chi connectivity index (χ3v) is 7.92. The molecular formula is C26H24N2O3S2. The molecule has 5 nitrogen and oxygen atoms in total. The first kappa shape index (κ1) is 21.9. The van der Waals surface area contributed by atoms with Crippen LogP contribution < -0.4 is 10.3 Å². The molecule has 0 bridgehead atoms. The van der Waals surface area contributed by atoms with Crippen LogP contribution in [0.5, 0.6) is 5.75 Å². The summed E-state index contributed by atoms with van der Waals surface area (Å²) in [6.45, 7) is 2.52. The molecule has 0 saturated heterocycles. The van der Waals surface area contributed by atoms with Crippen LogP contribution in [-0.2, 0) is 12.8 Å². The third kappa shape index (κ3) is 4.35. The molecule has 0 saturated carbocycles. The molecule has 0 unspecified atom stereocenters. The lowest BCUT2D eigenvalue weighted by atomic mass is 9.97. The number of aromatic nitrogens is 2. The number of carbonyl (C=O) groups excluding carboxylic acids is 1. The van der Waals surface area contributed by atoms with Crippen LogP contribution in [0.4, 0.5) is 0 Å². The van der Waals surface area contributed by atoms with Gasteiger partial charge in [0.25, 0.3) is 5.56 Å². The number of thiophene rings is 1. The van der Waals surface area contributed by atoms with Crippen molar-refractivity contribution < 1.29 is 9.53 Å². The van der Waals surface area contributed by atoms with E-state index in [1.54, 1.807) is 15.9 Å². The highest BCUT2D eigenvalue weighted by atomic mass is 32.2. The summed E-state index contributed by atoms with van der Waals surface area (Å²) in [6.07, 6.45) is 4.19. The van der Waals surface area contributed by atoms with Crippen LogP contribution in [0.25, 0.3) is 15.9 Å². The summed E-state index contributed by atoms with van der Waals surface area (Å²) >= 11 is 2.94. The summed E-state index contributed by atoms with van der Waals surface area (Å²) < 4.78 is 7.22. The van der Waals surface area contributed by atoms with Gasteiger partial charge in [0.2, 0.25) is 0 Å². The lowest BCUT2D eigenvalue weighted by Crippen LogP contribution is -2.22. The highest BCUT2D eigenvalue weighted by Crippen LogP contribution is 2.35. The predicted octanol–water partition coefficient (Wildman–Crippen LogP) is 5.70. The lowest BCUT2D eigenvalue weighted by Gasteiger charge is -2.14. The molecule has 4 aromatic rings. The molecule has 1 aliphatic carbocycles. The Morgan fingerprint density at radius 2 is 1.85 bits per heavy atom. The average molecular weight is 477 g/mol. The minimum absolute atomic E-state index is 0.0127. The van der Waals surface area contributed by atoms with Gasteiger partial charge in [0.15, 0.2) is 10.9 Å². The van der Waals surface area contributed by atoms with Gasteiger partial charge >= 0.3 is 0 Å². The fourth-order valence-corrected chi connectivity index (χ4v) is 6.42. The number of rotatable bonds is 7. The molecule has 2 heterocycles. The molecule has 5 rings (SSSR count). The van der Waals surface area contributed by atoms with E-state index in [0.717, 1.165) is 52.9 Å². The van der Waals surface area contributed by atoms with E-state index in [4.69, 9.17) is 9.72 Å². The summed E-state index contributed by atoms with van der Waals surface area (Å²) in [6, 6.07) is 16.7. The number of benzene rings is 2. The molecule has 0 radical (unpaired) electrons. The van der Waals surface area contributed by atoms with Gasteiger partial charge in [0.1, 0.15) is 10.6 Å². The van der Waals surface area contributed by atoms with Gasteiger partial charge in [-0.05, 0) is 62.4 Å². The second-order valence-electron chi connectivity index (χ2n) is 7.93. The zero-order valence-electron chi connectivity index (χ0n) is 18.4. The number of ketones is 1. The molecule has 2 aromatic carbocycles. The van der Waals surface area contributed by atoms with Crippen molar-refractivity contribution in [3.8, 4) is 11.4 Å². The Labute approximate surface area is 200 Å². The van der Waals surface area contributed by atoms with Crippen molar-refractivity contribution in [3.63, 3.8) is 0 Å². The topological polar surface area (TPSA) is 61.2 Å². The molecule has 168 valence electrons. The smallest absolute Gasteiger partial charge is 0.267 e. The van der Waals surface area contributed by atoms with Crippen LogP contribution >= 0.6 is 23.1 Å². The highest BCUT2D eigenvalue weighted by Gasteiger charge is 2.23. The van der Waals surface area contributed by atoms with Gasteiger partial charge < -0.3 is 4.74 Å². The SMILES string of the molecule is CCOc1ccc(-n2c(SCC(=O)c3ccccc3)nc3sc4c(c3c2=O)CCCC4)cc1. The molecule has 0 atom stereocenters. The molecule has 0 spiro atoms. The number of aryl methyl sites for hydroxylation is 2. The maximum atomic E-state index is 13.8. The predicted molar refractivity (Wildman–Crippen MR) is 135 cm³/mol. The number of carbonyl (C=O) groups is 1. The fourth-order valence-electron chi connectivity index (χ4n) is 4.21. The normalized spacial score (nSPS) is 13.1. The Morgan fingerprint density at radius 1 is 1.09 bits per heavy atom. The van der Waals surface area contributed by atoms with Crippen molar-refractivity contribution in [2.24, 2.45) is 0 Å². The van der Waals surface area contributed by atoms with Gasteiger partial charge in [-0.1, -0.05) is 42.1 Å². The molecular weight excluding hydrogens is 452 g/mol. The standard InChI is InChI=1S/C26H24N2O3S2/c1-2-31-19-14-12-18(13-15-19)28-25(30)23-20-10-6-7-11-22(20)33-24(23)27-26(28)32-16-21(29)17-8-4-3-5-9-17/h3-5,8-9,12-15H,2,6-7,10-11,16H2,1H3. The van der Waals surface area contributed by atoms with E-state index in [1.807, 2.05) is 61.5 Å². The molecule has 33 heavy (non-hydrogen) atoms. The van der Waals surface area contributed by atoms with E-state index < -0.39 is 0 Å². The van der Waals surface area contributed by atoms with Gasteiger partial charge in [-0.2, -0.15) is 0 Å². The summed E-state index contributed by atoms with van der Waals surface area (Å²) in [5.74, 6) is 0.979. The summed E-state index contributed by atoms with van der Waals surface area (Å²) in [5.41, 5.74) is 2.49. The zero-order chi connectivity index (χ0) is 22.8. The Bertz CT molecular complexity index is 1360. The van der Waals surface area contributed by atoms with E-state index in [0.29, 0.717) is 17.3 Å². The molecule has 7 heteroatoms. The first-order valence-corrected chi connectivity index (χ1v) is 13.0. The first-order chi connectivity index (χ1) is 16.2. The second kappa shape index (κ2) is 9.53. The molecule has 0 N–H and O–H groups in total. The van der Waals surface area contributed by atoms with Crippen molar-refractivity contribution in [1.29, 1.82) is 0 Å². The Balaban J connectivity index is 1.59. The Morgan fingerprint density at radius 3 is 2.61 bits per heavy atom. The van der Waals surface area contributed by atoms with Crippen molar-refractivity contribution >= 4 is 39.1 Å². The molecule has 0 aliphatic heterocycles. The average Bonchev–Trinajstić information content (AvgIpc) is 3.23. The van der Waals surface area contributed by atoms with Crippen molar-refractivity contribution in [2.75, 3.05) is 12.4 Å². The Hall–Kier alpha value is -2.90. The third-order valence-electron chi connectivity index (χ3n) is 5.79. The van der Waals surface area contributed by atoms with Crippen molar-refractivity contribution in [3.05, 3.63) is 81.0 Å². The van der Waals surface area contributed by atoms with Crippen molar-refractivity contribution in [1.82, 2.24) is 9.55 Å². The number of ether oxygens (including phenoxy) is 1. The van der Waals surface area contributed by atoms with E-state index in [2.05, 4.69) is 0 Å². The van der Waals surface area contributed by atoms with Gasteiger partial charge in [-0.25, -0.2) is 4.98 Å². The fraction of sp³-hybridized carbons (Fsp3) is 0.269. The maximum absolute atomic E-state index is 13.8. The Kier molecular flexibility index (Phi) is 6.33. The molecule has 0 fully saturated rings. The zero-order valence-corrected chi connectivity index (χ0v) is 20.0. The summed E-state index contributed by atoms with van der Waals surface area (Å²) in [7, 11) is 0. The quantitative estimate of drug-likeness (QED) is 0.195. The van der Waals surface area contributed by atoms with Crippen LogP contribution in [0.3, 0.4) is 0 Å². The highest BCUT2D eigenvalue weighted by molar-refractivity contribution is 7.99. The van der Waals surface area contributed by atoms with Gasteiger partial charge in [-0.15, -0.1) is 11.3 Å². The minimum atomic E-state index is -0.0572. The molecule has 1 aliphatic rings. The van der Waals surface area contributed by atoms with Crippen molar-refractivity contribution in [2.45, 2.75) is 37.8 Å². The molecule has 2 aromatic heterocycles. The maximum Gasteiger partial charge on any atom is 0.267 e. The number of thioether (sulfide) groups is 1. The van der Waals surface area contributed by atoms with Gasteiger partial charge in [0.05, 0.1) is 23.4 Å². The number of hydrogen-bond donors (Lipinski definition) is 0. The number of hydrogen-bond acceptors (Lipinski definition) is 6. The van der Waals surface area contributed by atoms with Gasteiger partial charge in [-0.3, -0.25) is 14.2 Å². The summed E-state index contributed by atoms with van der Waals surface area (Å²) in [4.78, 5) is 33.5. The van der Waals surface area contributed by atoms with E-state index in [-0.39, 0.29) is 17.1 Å². The number of fused-ring (bicyclic) bond motifs is 3. The number of Topliss-reactive ketones (excluding diaryl/α,β-unsaturated/α-hetero) is 1.